The number of esters is 2. The molecule has 0 aliphatic rings. The number of carboxylic acids is 1. The number of carboxylic acid groups (broad SMARTS) is 1. The van der Waals surface area contributed by atoms with Gasteiger partial charge in [0, 0.05) is 5.33 Å². The van der Waals surface area contributed by atoms with Crippen molar-refractivity contribution in [3.05, 3.63) is 108 Å². The monoisotopic (exact) mass is 1290 g/mol. The van der Waals surface area contributed by atoms with E-state index < -0.39 is 23.9 Å². The van der Waals surface area contributed by atoms with Crippen molar-refractivity contribution in [3.63, 3.8) is 0 Å². The summed E-state index contributed by atoms with van der Waals surface area (Å²) in [5.41, 5.74) is 8.22. The Kier molecular flexibility index (Phi) is 50.2. The summed E-state index contributed by atoms with van der Waals surface area (Å²) in [5.74, 6) is -2.21. The second kappa shape index (κ2) is 44.0. The number of hydrogen-bond acceptors (Lipinski definition) is 12. The number of benzene rings is 3. The van der Waals surface area contributed by atoms with Crippen molar-refractivity contribution in [2.24, 2.45) is 17.6 Å². The molecule has 6 atom stereocenters. The third-order valence-corrected chi connectivity index (χ3v) is 8.70. The van der Waals surface area contributed by atoms with Crippen LogP contribution in [0, 0.1) is 11.8 Å². The molecule has 0 aromatic heterocycles. The number of carbonyl (C=O) groups is 4. The molecule has 3 aromatic carbocycles. The minimum Gasteiger partial charge on any atom is -1.00 e. The molecule has 3 rings (SSSR count). The van der Waals surface area contributed by atoms with Gasteiger partial charge in [0.05, 0.1) is 52.3 Å². The number of hydrogen-bond donors (Lipinski definition) is 2. The van der Waals surface area contributed by atoms with Gasteiger partial charge in [0.1, 0.15) is 19.3 Å². The normalized spacial score (nSPS) is 13.1. The summed E-state index contributed by atoms with van der Waals surface area (Å²) in [7, 11) is 0. The fourth-order valence-corrected chi connectivity index (χ4v) is 5.16. The Balaban J connectivity index is -0.000000183. The Labute approximate surface area is 539 Å². The fourth-order valence-electron chi connectivity index (χ4n) is 4.79. The standard InChI is InChI=1S/C16H24O3.C15H23NO3.C9H18O3.C7H7Br.CH2Cl2.CH2O3.2Cs.H/c1-12(13(2)19-16(3,4)5)15(17)18-11-14-9-7-6-8-10-14;1-11(19-15(2,3)4)13(16)14(17)18-10-12-8-6-5-7-9-12;1-6(8(10)11)7(2)12-9(3,4)5;8-6-7-4-2-1-3-5-7;2-1-3;2-1-4-3;;;/h6-10,12-13H,11H2,1-5H3;5-9,11,13H,10,16H2,1-4H3;6-7H,1-5H3,(H,10,11);1-5H,6H2;1H2;1,3H;;;/q;;;;;;2*+1;-1/p-1/t12-,13?;11?,13-;6-,7?;;;;;;/m000....../s1. The van der Waals surface area contributed by atoms with Gasteiger partial charge in [-0.15, -0.1) is 23.2 Å². The molecule has 0 aliphatic heterocycles. The minimum atomic E-state index is -0.813. The number of carbonyl (C=O) groups excluding carboxylic acids is 3. The van der Waals surface area contributed by atoms with E-state index in [4.69, 9.17) is 67.8 Å². The van der Waals surface area contributed by atoms with E-state index in [0.717, 1.165) is 16.5 Å². The molecule has 3 aromatic rings. The van der Waals surface area contributed by atoms with E-state index in [2.05, 4.69) is 33.0 Å². The number of alkyl halides is 3. The molecule has 67 heavy (non-hydrogen) atoms. The van der Waals surface area contributed by atoms with Crippen LogP contribution in [0.15, 0.2) is 91.0 Å². The van der Waals surface area contributed by atoms with Crippen LogP contribution in [0.4, 0.5) is 0 Å². The van der Waals surface area contributed by atoms with Crippen LogP contribution in [-0.2, 0) is 66.3 Å². The Morgan fingerprint density at radius 3 is 1.18 bits per heavy atom. The van der Waals surface area contributed by atoms with Crippen LogP contribution in [-0.4, -0.2) is 76.0 Å². The van der Waals surface area contributed by atoms with Crippen LogP contribution in [0.25, 0.3) is 0 Å². The van der Waals surface area contributed by atoms with Gasteiger partial charge >= 0.3 is 156 Å². The first-order valence-electron chi connectivity index (χ1n) is 21.0. The molecule has 18 heteroatoms. The molecule has 0 bridgehead atoms. The average molecular weight is 1290 g/mol. The summed E-state index contributed by atoms with van der Waals surface area (Å²) in [4.78, 5) is 45.6. The van der Waals surface area contributed by atoms with Crippen molar-refractivity contribution in [3.8, 4) is 0 Å². The van der Waals surface area contributed by atoms with Gasteiger partial charge in [0.25, 0.3) is 6.47 Å². The molecule has 13 nitrogen and oxygen atoms in total. The van der Waals surface area contributed by atoms with Crippen LogP contribution in [0.3, 0.4) is 0 Å². The summed E-state index contributed by atoms with van der Waals surface area (Å²) in [6, 6.07) is 28.7. The second-order valence-electron chi connectivity index (χ2n) is 17.3. The molecule has 0 saturated heterocycles. The molecular formula is C49H76BrCl2Cs2NO12. The molecule has 3 unspecified atom stereocenters. The van der Waals surface area contributed by atoms with E-state index in [-0.39, 0.29) is 205 Å². The summed E-state index contributed by atoms with van der Waals surface area (Å²) in [6.45, 7) is 26.8. The number of ether oxygens (including phenoxy) is 5. The SMILES string of the molecule is BrCc1ccccc1.CC(OC(C)(C)C)[C@H](C)C(=O)O.CC(OC(C)(C)C)[C@H](C)C(=O)OCc1ccccc1.CC(OC(C)(C)C)[C@H](N)C(=O)OCc1ccccc1.ClCCl.O=CO[O-].[Cs+].[Cs+].[H-]. The van der Waals surface area contributed by atoms with Gasteiger partial charge < -0.3 is 46.1 Å². The predicted molar refractivity (Wildman–Crippen MR) is 261 cm³/mol. The number of rotatable bonds is 15. The second-order valence-corrected chi connectivity index (χ2v) is 18.7. The smallest absolute Gasteiger partial charge is 1.00 e. The van der Waals surface area contributed by atoms with Crippen molar-refractivity contribution in [1.29, 1.82) is 0 Å². The molecule has 0 aliphatic carbocycles. The Hall–Kier alpha value is 0.504. The third-order valence-electron chi connectivity index (χ3n) is 8.05. The van der Waals surface area contributed by atoms with E-state index in [1.54, 1.807) is 20.8 Å². The van der Waals surface area contributed by atoms with Gasteiger partial charge in [-0.1, -0.05) is 107 Å². The fraction of sp³-hybridized carbons (Fsp3) is 0.551. The van der Waals surface area contributed by atoms with Gasteiger partial charge in [-0.2, -0.15) is 0 Å². The molecule has 0 amide bonds. The number of halogens is 3. The van der Waals surface area contributed by atoms with Gasteiger partial charge in [0.2, 0.25) is 0 Å². The maximum absolute atomic E-state index is 11.9. The van der Waals surface area contributed by atoms with E-state index in [9.17, 15) is 14.4 Å². The van der Waals surface area contributed by atoms with Crippen molar-refractivity contribution in [2.75, 3.05) is 5.34 Å². The predicted octanol–water partition coefficient (Wildman–Crippen LogP) is 4.30. The van der Waals surface area contributed by atoms with Gasteiger partial charge in [-0.3, -0.25) is 19.2 Å². The topological polar surface area (TPSA) is 193 Å². The largest absolute Gasteiger partial charge is 1.00 e. The third kappa shape index (κ3) is 47.3. The maximum Gasteiger partial charge on any atom is 1.00 e. The molecule has 372 valence electrons. The quantitative estimate of drug-likeness (QED) is 0.0721. The Morgan fingerprint density at radius 1 is 0.627 bits per heavy atom. The molecule has 0 saturated carbocycles. The first-order valence-corrected chi connectivity index (χ1v) is 23.2. The summed E-state index contributed by atoms with van der Waals surface area (Å²) in [5, 5.41) is 18.2. The molecule has 0 heterocycles. The van der Waals surface area contributed by atoms with Gasteiger partial charge in [-0.05, 0) is 114 Å². The van der Waals surface area contributed by atoms with Crippen LogP contribution in [0.1, 0.15) is 115 Å². The number of nitrogens with two attached hydrogens (primary N) is 1. The Morgan fingerprint density at radius 2 is 0.910 bits per heavy atom. The summed E-state index contributed by atoms with van der Waals surface area (Å²) >= 11 is 12.9. The molecule has 0 radical (unpaired) electrons. The van der Waals surface area contributed by atoms with Gasteiger partial charge in [-0.25, -0.2) is 0 Å². The average Bonchev–Trinajstić information content (AvgIpc) is 3.24. The first kappa shape index (κ1) is 76.4. The molecule has 0 fully saturated rings. The molecular weight excluding hydrogens is 1210 g/mol. The Bertz CT molecular complexity index is 1600. The number of aliphatic carboxylic acids is 1. The zero-order valence-electron chi connectivity index (χ0n) is 43.7. The van der Waals surface area contributed by atoms with Crippen molar-refractivity contribution < 1.29 is 197 Å². The zero-order chi connectivity index (χ0) is 50.8. The van der Waals surface area contributed by atoms with E-state index in [1.165, 1.54) is 5.56 Å². The van der Waals surface area contributed by atoms with Crippen LogP contribution in [0.2, 0.25) is 0 Å². The van der Waals surface area contributed by atoms with E-state index >= 15 is 0 Å². The summed E-state index contributed by atoms with van der Waals surface area (Å²) < 4.78 is 27.4. The zero-order valence-corrected chi connectivity index (χ0v) is 58.3. The van der Waals surface area contributed by atoms with E-state index in [0.29, 0.717) is 6.61 Å². The van der Waals surface area contributed by atoms with Crippen LogP contribution in [0.5, 0.6) is 0 Å². The van der Waals surface area contributed by atoms with E-state index in [1.807, 2.05) is 155 Å². The molecule has 3 N–H and O–H groups in total. The summed E-state index contributed by atoms with van der Waals surface area (Å²) in [6.07, 6.45) is -0.797. The first-order chi connectivity index (χ1) is 30.1. The minimum absolute atomic E-state index is 0. The van der Waals surface area contributed by atoms with Crippen molar-refractivity contribution >= 4 is 63.5 Å². The van der Waals surface area contributed by atoms with Crippen molar-refractivity contribution in [2.45, 2.75) is 157 Å². The van der Waals surface area contributed by atoms with Crippen LogP contribution >= 0.6 is 39.1 Å². The van der Waals surface area contributed by atoms with Gasteiger partial charge in [0.15, 0.2) is 0 Å². The van der Waals surface area contributed by atoms with Crippen molar-refractivity contribution in [1.82, 2.24) is 0 Å². The molecule has 0 spiro atoms. The van der Waals surface area contributed by atoms with Crippen LogP contribution < -0.4 is 149 Å². The maximum atomic E-state index is 11.9.